The molecule has 116 valence electrons. The van der Waals surface area contributed by atoms with Crippen LogP contribution in [0.25, 0.3) is 0 Å². The van der Waals surface area contributed by atoms with E-state index in [1.165, 1.54) is 19.3 Å². The molecule has 0 aromatic heterocycles. The number of hydrogen-bond acceptors (Lipinski definition) is 2. The molecule has 5 heteroatoms. The summed E-state index contributed by atoms with van der Waals surface area (Å²) in [6.07, 6.45) is 5.69. The predicted octanol–water partition coefficient (Wildman–Crippen LogP) is 2.95. The molecule has 0 aliphatic carbocycles. The van der Waals surface area contributed by atoms with Gasteiger partial charge in [0.2, 0.25) is 0 Å². The molecule has 0 aromatic carbocycles. The van der Waals surface area contributed by atoms with Gasteiger partial charge < -0.3 is 14.9 Å². The topological polar surface area (TPSA) is 60.9 Å². The molecule has 1 saturated heterocycles. The Morgan fingerprint density at radius 3 is 2.00 bits per heavy atom. The van der Waals surface area contributed by atoms with E-state index in [4.69, 9.17) is 5.11 Å². The van der Waals surface area contributed by atoms with Crippen LogP contribution < -0.4 is 0 Å². The quantitative estimate of drug-likeness (QED) is 0.866. The number of aliphatic carboxylic acids is 1. The number of hydrogen-bond donors (Lipinski definition) is 1. The van der Waals surface area contributed by atoms with Crippen LogP contribution in [0.4, 0.5) is 4.79 Å². The molecule has 5 nitrogen and oxygen atoms in total. The van der Waals surface area contributed by atoms with Crippen LogP contribution in [0.2, 0.25) is 0 Å². The van der Waals surface area contributed by atoms with E-state index in [0.29, 0.717) is 0 Å². The van der Waals surface area contributed by atoms with Crippen molar-refractivity contribution in [2.75, 3.05) is 19.6 Å². The van der Waals surface area contributed by atoms with Crippen LogP contribution in [0.15, 0.2) is 0 Å². The summed E-state index contributed by atoms with van der Waals surface area (Å²) in [5, 5.41) is 8.85. The summed E-state index contributed by atoms with van der Waals surface area (Å²) in [6, 6.07) is -0.0133. The largest absolute Gasteiger partial charge is 0.481 e. The molecule has 0 aromatic rings. The van der Waals surface area contributed by atoms with Crippen molar-refractivity contribution in [2.24, 2.45) is 0 Å². The van der Waals surface area contributed by atoms with E-state index in [9.17, 15) is 9.59 Å². The maximum atomic E-state index is 12.7. The van der Waals surface area contributed by atoms with Gasteiger partial charge >= 0.3 is 12.0 Å². The van der Waals surface area contributed by atoms with Crippen molar-refractivity contribution >= 4 is 12.0 Å². The third kappa shape index (κ3) is 5.39. The van der Waals surface area contributed by atoms with E-state index in [-0.39, 0.29) is 24.5 Å². The summed E-state index contributed by atoms with van der Waals surface area (Å²) < 4.78 is 0. The molecule has 1 rings (SSSR count). The third-order valence-electron chi connectivity index (χ3n) is 3.72. The average molecular weight is 284 g/mol. The lowest BCUT2D eigenvalue weighted by Gasteiger charge is -2.39. The molecule has 1 aliphatic heterocycles. The van der Waals surface area contributed by atoms with Gasteiger partial charge in [0.25, 0.3) is 0 Å². The fraction of sp³-hybridized carbons (Fsp3) is 0.867. The zero-order chi connectivity index (χ0) is 15.2. The van der Waals surface area contributed by atoms with Crippen LogP contribution in [-0.4, -0.2) is 52.1 Å². The second-order valence-electron chi connectivity index (χ2n) is 6.50. The molecule has 2 amide bonds. The minimum atomic E-state index is -0.861. The van der Waals surface area contributed by atoms with Crippen LogP contribution in [-0.2, 0) is 4.79 Å². The average Bonchev–Trinajstić information content (AvgIpc) is 2.25. The maximum Gasteiger partial charge on any atom is 0.320 e. The monoisotopic (exact) mass is 284 g/mol. The molecular weight excluding hydrogens is 256 g/mol. The minimum absolute atomic E-state index is 0.00313. The van der Waals surface area contributed by atoms with E-state index < -0.39 is 5.97 Å². The first-order valence-corrected chi connectivity index (χ1v) is 7.60. The fourth-order valence-electron chi connectivity index (χ4n) is 2.53. The van der Waals surface area contributed by atoms with E-state index in [2.05, 4.69) is 0 Å². The van der Waals surface area contributed by atoms with Crippen molar-refractivity contribution in [2.45, 2.75) is 64.8 Å². The summed E-state index contributed by atoms with van der Waals surface area (Å²) in [6.45, 7) is 7.72. The Morgan fingerprint density at radius 1 is 1.05 bits per heavy atom. The Balaban J connectivity index is 2.71. The first-order chi connectivity index (χ1) is 9.32. The van der Waals surface area contributed by atoms with Crippen molar-refractivity contribution < 1.29 is 14.7 Å². The number of rotatable bonds is 3. The maximum absolute atomic E-state index is 12.7. The number of nitrogens with zero attached hydrogens (tertiary/aromatic N) is 2. The van der Waals surface area contributed by atoms with Crippen LogP contribution in [0.5, 0.6) is 0 Å². The molecule has 0 spiro atoms. The minimum Gasteiger partial charge on any atom is -0.481 e. The lowest BCUT2D eigenvalue weighted by molar-refractivity contribution is -0.137. The number of carboxylic acid groups (broad SMARTS) is 1. The molecule has 0 bridgehead atoms. The van der Waals surface area contributed by atoms with Gasteiger partial charge in [-0.3, -0.25) is 4.79 Å². The van der Waals surface area contributed by atoms with Crippen LogP contribution in [0.1, 0.15) is 59.3 Å². The van der Waals surface area contributed by atoms with Crippen molar-refractivity contribution in [3.05, 3.63) is 0 Å². The normalized spacial score (nSPS) is 17.2. The molecule has 0 radical (unpaired) electrons. The molecule has 0 unspecified atom stereocenters. The van der Waals surface area contributed by atoms with E-state index in [1.807, 2.05) is 25.7 Å². The van der Waals surface area contributed by atoms with Gasteiger partial charge in [-0.15, -0.1) is 0 Å². The number of carbonyl (C=O) groups excluding carboxylic acids is 1. The highest BCUT2D eigenvalue weighted by atomic mass is 16.4. The third-order valence-corrected chi connectivity index (χ3v) is 3.72. The summed E-state index contributed by atoms with van der Waals surface area (Å²) in [4.78, 5) is 27.1. The predicted molar refractivity (Wildman–Crippen MR) is 78.8 cm³/mol. The first kappa shape index (κ1) is 16.8. The standard InChI is InChI=1S/C15H28N2O3/c1-15(2,3)17(12-9-13(18)19)14(20)16-10-7-5-4-6-8-11-16/h4-12H2,1-3H3,(H,18,19). The highest BCUT2D eigenvalue weighted by Crippen LogP contribution is 2.19. The van der Waals surface area contributed by atoms with Crippen molar-refractivity contribution in [1.82, 2.24) is 9.80 Å². The lowest BCUT2D eigenvalue weighted by Crippen LogP contribution is -2.53. The molecule has 0 saturated carbocycles. The first-order valence-electron chi connectivity index (χ1n) is 7.60. The highest BCUT2D eigenvalue weighted by Gasteiger charge is 2.30. The van der Waals surface area contributed by atoms with Gasteiger partial charge in [-0.05, 0) is 33.6 Å². The Morgan fingerprint density at radius 2 is 1.55 bits per heavy atom. The number of amides is 2. The van der Waals surface area contributed by atoms with E-state index in [0.717, 1.165) is 25.9 Å². The molecule has 1 N–H and O–H groups in total. The second kappa shape index (κ2) is 7.50. The number of carbonyl (C=O) groups is 2. The second-order valence-corrected chi connectivity index (χ2v) is 6.50. The van der Waals surface area contributed by atoms with Crippen LogP contribution >= 0.6 is 0 Å². The summed E-state index contributed by atoms with van der Waals surface area (Å²) in [5.74, 6) is -0.861. The SMILES string of the molecule is CC(C)(C)N(CCC(=O)O)C(=O)N1CCCCCCC1. The fourth-order valence-corrected chi connectivity index (χ4v) is 2.53. The zero-order valence-electron chi connectivity index (χ0n) is 13.0. The van der Waals surface area contributed by atoms with Crippen molar-refractivity contribution in [1.29, 1.82) is 0 Å². The summed E-state index contributed by atoms with van der Waals surface area (Å²) in [5.41, 5.74) is -0.352. The number of urea groups is 1. The summed E-state index contributed by atoms with van der Waals surface area (Å²) in [7, 11) is 0. The Kier molecular flexibility index (Phi) is 6.30. The van der Waals surface area contributed by atoms with Crippen molar-refractivity contribution in [3.8, 4) is 0 Å². The van der Waals surface area contributed by atoms with Gasteiger partial charge in [-0.2, -0.15) is 0 Å². The van der Waals surface area contributed by atoms with Crippen LogP contribution in [0.3, 0.4) is 0 Å². The van der Waals surface area contributed by atoms with Gasteiger partial charge in [0.1, 0.15) is 0 Å². The van der Waals surface area contributed by atoms with E-state index >= 15 is 0 Å². The highest BCUT2D eigenvalue weighted by molar-refractivity contribution is 5.76. The molecule has 0 atom stereocenters. The number of carboxylic acids is 1. The lowest BCUT2D eigenvalue weighted by atomic mass is 10.1. The van der Waals surface area contributed by atoms with E-state index in [1.54, 1.807) is 4.90 Å². The Hall–Kier alpha value is -1.26. The molecular formula is C15H28N2O3. The van der Waals surface area contributed by atoms with Crippen molar-refractivity contribution in [3.63, 3.8) is 0 Å². The van der Waals surface area contributed by atoms with Gasteiger partial charge in [0.15, 0.2) is 0 Å². The van der Waals surface area contributed by atoms with Gasteiger partial charge in [-0.1, -0.05) is 19.3 Å². The van der Waals surface area contributed by atoms with Gasteiger partial charge in [-0.25, -0.2) is 4.79 Å². The molecule has 1 aliphatic rings. The number of likely N-dealkylation sites (tertiary alicyclic amines) is 1. The molecule has 20 heavy (non-hydrogen) atoms. The Labute approximate surface area is 121 Å². The molecule has 1 heterocycles. The zero-order valence-corrected chi connectivity index (χ0v) is 13.0. The Bertz CT molecular complexity index is 329. The smallest absolute Gasteiger partial charge is 0.320 e. The van der Waals surface area contributed by atoms with Crippen LogP contribution in [0, 0.1) is 0 Å². The van der Waals surface area contributed by atoms with Gasteiger partial charge in [0, 0.05) is 25.2 Å². The molecule has 1 fully saturated rings. The summed E-state index contributed by atoms with van der Waals surface area (Å²) >= 11 is 0. The van der Waals surface area contributed by atoms with Gasteiger partial charge in [0.05, 0.1) is 6.42 Å².